The number of rotatable bonds is 5. The second-order valence-electron chi connectivity index (χ2n) is 9.43. The van der Waals surface area contributed by atoms with Crippen molar-refractivity contribution in [1.82, 2.24) is 34.8 Å². The number of anilines is 1. The molecule has 4 aromatic rings. The fraction of sp³-hybridized carbons (Fsp3) is 0.360. The maximum Gasteiger partial charge on any atom is 0.275 e. The number of benzene rings is 1. The fourth-order valence-electron chi connectivity index (χ4n) is 5.33. The molecule has 178 valence electrons. The van der Waals surface area contributed by atoms with Crippen LogP contribution >= 0.6 is 0 Å². The first kappa shape index (κ1) is 21.6. The minimum absolute atomic E-state index is 0.0357. The zero-order chi connectivity index (χ0) is 24.1. The Balaban J connectivity index is 1.29. The first-order chi connectivity index (χ1) is 17.0. The molecule has 3 aromatic heterocycles. The van der Waals surface area contributed by atoms with Crippen LogP contribution in [0.3, 0.4) is 0 Å². The van der Waals surface area contributed by atoms with Crippen molar-refractivity contribution in [3.63, 3.8) is 0 Å². The van der Waals surface area contributed by atoms with Gasteiger partial charge >= 0.3 is 0 Å². The Hall–Kier alpha value is -3.95. The summed E-state index contributed by atoms with van der Waals surface area (Å²) in [6.07, 6.45) is 6.78. The summed E-state index contributed by atoms with van der Waals surface area (Å²) >= 11 is 0. The number of piperidine rings is 2. The molecule has 2 bridgehead atoms. The van der Waals surface area contributed by atoms with Crippen LogP contribution in [0.5, 0.6) is 0 Å². The van der Waals surface area contributed by atoms with E-state index in [-0.39, 0.29) is 23.8 Å². The minimum Gasteiger partial charge on any atom is -0.367 e. The van der Waals surface area contributed by atoms with Crippen LogP contribution in [0, 0.1) is 24.6 Å². The van der Waals surface area contributed by atoms with Crippen molar-refractivity contribution in [2.45, 2.75) is 38.8 Å². The molecule has 3 fully saturated rings. The summed E-state index contributed by atoms with van der Waals surface area (Å²) in [5, 5.41) is 11.8. The number of aromatic nitrogens is 6. The predicted molar refractivity (Wildman–Crippen MR) is 128 cm³/mol. The topological polar surface area (TPSA) is 102 Å². The maximum atomic E-state index is 14.0. The Labute approximate surface area is 201 Å². The lowest BCUT2D eigenvalue weighted by atomic mass is 9.64. The highest BCUT2D eigenvalue weighted by molar-refractivity contribution is 5.96. The molecule has 5 heterocycles. The van der Waals surface area contributed by atoms with Gasteiger partial charge < -0.3 is 10.2 Å². The number of aryl methyl sites for hydroxylation is 1. The number of fused-ring (bicyclic) bond motifs is 3. The molecule has 9 nitrogen and oxygen atoms in total. The Kier molecular flexibility index (Phi) is 5.16. The highest BCUT2D eigenvalue weighted by atomic mass is 19.1. The van der Waals surface area contributed by atoms with Crippen LogP contribution in [0.4, 0.5) is 10.2 Å². The number of nitrogens with zero attached hydrogens (tertiary/aromatic N) is 7. The molecule has 1 N–H and O–H groups in total. The number of halogens is 1. The molecular weight excluding hydrogens is 447 g/mol. The number of hydrogen-bond donors (Lipinski definition) is 1. The highest BCUT2D eigenvalue weighted by Crippen LogP contribution is 2.47. The number of hydrogen-bond acceptors (Lipinski definition) is 7. The van der Waals surface area contributed by atoms with Crippen LogP contribution in [0.2, 0.25) is 0 Å². The third-order valence-electron chi connectivity index (χ3n) is 7.33. The Bertz CT molecular complexity index is 1400. The van der Waals surface area contributed by atoms with Crippen molar-refractivity contribution in [3.05, 3.63) is 66.1 Å². The van der Waals surface area contributed by atoms with Gasteiger partial charge in [0.15, 0.2) is 5.69 Å². The summed E-state index contributed by atoms with van der Waals surface area (Å²) in [7, 11) is 0. The quantitative estimate of drug-likeness (QED) is 0.475. The Morgan fingerprint density at radius 2 is 1.91 bits per heavy atom. The van der Waals surface area contributed by atoms with E-state index < -0.39 is 0 Å². The van der Waals surface area contributed by atoms with E-state index in [0.717, 1.165) is 18.5 Å². The second-order valence-corrected chi connectivity index (χ2v) is 9.43. The van der Waals surface area contributed by atoms with Gasteiger partial charge in [-0.1, -0.05) is 6.92 Å². The van der Waals surface area contributed by atoms with Crippen molar-refractivity contribution in [2.75, 3.05) is 11.9 Å². The highest BCUT2D eigenvalue weighted by Gasteiger charge is 2.51. The molecule has 3 aliphatic rings. The molecule has 1 saturated carbocycles. The molecular formula is C25H25FN8O. The zero-order valence-corrected chi connectivity index (χ0v) is 19.5. The number of pyridine rings is 1. The zero-order valence-electron chi connectivity index (χ0n) is 19.5. The Morgan fingerprint density at radius 1 is 1.11 bits per heavy atom. The SMILES string of the molecule is Cc1ccc(-n2nccn2)c(C(=O)N2C3CC(C3)C(C)C2CNc2cnc3cc(F)ccc3n2)n1. The van der Waals surface area contributed by atoms with E-state index >= 15 is 0 Å². The van der Waals surface area contributed by atoms with Gasteiger partial charge in [0, 0.05) is 24.3 Å². The van der Waals surface area contributed by atoms with E-state index in [1.54, 1.807) is 24.7 Å². The van der Waals surface area contributed by atoms with E-state index in [2.05, 4.69) is 37.4 Å². The van der Waals surface area contributed by atoms with Gasteiger partial charge in [-0.05, 0) is 55.9 Å². The average Bonchev–Trinajstić information content (AvgIpc) is 3.36. The molecule has 35 heavy (non-hydrogen) atoms. The normalized spacial score (nSPS) is 23.2. The molecule has 7 rings (SSSR count). The van der Waals surface area contributed by atoms with Gasteiger partial charge in [-0.3, -0.25) is 9.78 Å². The van der Waals surface area contributed by atoms with Gasteiger partial charge in [-0.2, -0.15) is 10.2 Å². The van der Waals surface area contributed by atoms with E-state index in [4.69, 9.17) is 0 Å². The maximum absolute atomic E-state index is 14.0. The van der Waals surface area contributed by atoms with Gasteiger partial charge in [0.25, 0.3) is 5.91 Å². The van der Waals surface area contributed by atoms with Gasteiger partial charge in [-0.25, -0.2) is 14.4 Å². The summed E-state index contributed by atoms with van der Waals surface area (Å²) in [4.78, 5) is 30.9. The lowest BCUT2D eigenvalue weighted by Gasteiger charge is -2.57. The van der Waals surface area contributed by atoms with Gasteiger partial charge in [0.1, 0.15) is 17.3 Å². The summed E-state index contributed by atoms with van der Waals surface area (Å²) < 4.78 is 13.5. The van der Waals surface area contributed by atoms with Crippen molar-refractivity contribution in [1.29, 1.82) is 0 Å². The second kappa shape index (κ2) is 8.37. The predicted octanol–water partition coefficient (Wildman–Crippen LogP) is 3.40. The molecule has 2 saturated heterocycles. The van der Waals surface area contributed by atoms with Crippen LogP contribution in [-0.4, -0.2) is 59.4 Å². The van der Waals surface area contributed by atoms with Gasteiger partial charge in [0.05, 0.1) is 35.7 Å². The van der Waals surface area contributed by atoms with E-state index in [0.29, 0.717) is 46.6 Å². The van der Waals surface area contributed by atoms with E-state index in [1.165, 1.54) is 16.9 Å². The first-order valence-electron chi connectivity index (χ1n) is 11.8. The van der Waals surface area contributed by atoms with Crippen LogP contribution in [0.1, 0.15) is 35.9 Å². The van der Waals surface area contributed by atoms with Crippen LogP contribution < -0.4 is 5.32 Å². The summed E-state index contributed by atoms with van der Waals surface area (Å²) in [6.45, 7) is 4.61. The monoisotopic (exact) mass is 472 g/mol. The van der Waals surface area contributed by atoms with Crippen molar-refractivity contribution in [2.24, 2.45) is 11.8 Å². The number of carbonyl (C=O) groups excluding carboxylic acids is 1. The summed E-state index contributed by atoms with van der Waals surface area (Å²) in [6, 6.07) is 8.20. The lowest BCUT2D eigenvalue weighted by Crippen LogP contribution is -2.64. The summed E-state index contributed by atoms with van der Waals surface area (Å²) in [5.41, 5.74) is 2.81. The van der Waals surface area contributed by atoms with Crippen molar-refractivity contribution in [3.8, 4) is 5.69 Å². The van der Waals surface area contributed by atoms with E-state index in [1.807, 2.05) is 24.0 Å². The third-order valence-corrected chi connectivity index (χ3v) is 7.33. The number of carbonyl (C=O) groups is 1. The molecule has 2 unspecified atom stereocenters. The van der Waals surface area contributed by atoms with E-state index in [9.17, 15) is 9.18 Å². The molecule has 10 heteroatoms. The number of amides is 1. The Morgan fingerprint density at radius 3 is 2.71 bits per heavy atom. The van der Waals surface area contributed by atoms with Crippen LogP contribution in [0.15, 0.2) is 48.9 Å². The first-order valence-corrected chi connectivity index (χ1v) is 11.8. The average molecular weight is 473 g/mol. The fourth-order valence-corrected chi connectivity index (χ4v) is 5.33. The van der Waals surface area contributed by atoms with Crippen LogP contribution in [0.25, 0.3) is 16.7 Å². The third kappa shape index (κ3) is 3.78. The molecule has 0 radical (unpaired) electrons. The lowest BCUT2D eigenvalue weighted by molar-refractivity contribution is -0.0505. The minimum atomic E-state index is -0.341. The van der Waals surface area contributed by atoms with Gasteiger partial charge in [0.2, 0.25) is 0 Å². The number of nitrogens with one attached hydrogen (secondary N) is 1. The van der Waals surface area contributed by atoms with Crippen molar-refractivity contribution >= 4 is 22.8 Å². The largest absolute Gasteiger partial charge is 0.367 e. The molecule has 1 amide bonds. The van der Waals surface area contributed by atoms with Gasteiger partial charge in [-0.15, -0.1) is 4.80 Å². The molecule has 1 aromatic carbocycles. The molecule has 2 atom stereocenters. The summed E-state index contributed by atoms with van der Waals surface area (Å²) in [5.74, 6) is 1.06. The molecule has 2 aliphatic heterocycles. The van der Waals surface area contributed by atoms with Crippen molar-refractivity contribution < 1.29 is 9.18 Å². The molecule has 1 aliphatic carbocycles. The smallest absolute Gasteiger partial charge is 0.275 e. The standard InChI is InChI=1S/C25H25FN8O/c1-14-3-6-21(34-29-7-8-30-34)24(31-14)25(35)33-18-9-16(10-18)15(2)22(33)12-28-23-13-27-20-11-17(26)4-5-19(20)32-23/h3-8,11,13,15-16,18,22H,9-10,12H2,1-2H3,(H,28,32). The van der Waals surface area contributed by atoms with Crippen LogP contribution in [-0.2, 0) is 0 Å². The molecule has 0 spiro atoms.